The van der Waals surface area contributed by atoms with Gasteiger partial charge in [-0.3, -0.25) is 4.90 Å². The summed E-state index contributed by atoms with van der Waals surface area (Å²) in [7, 11) is 0. The molecule has 1 fully saturated rings. The van der Waals surface area contributed by atoms with Crippen LogP contribution in [0, 0.1) is 0 Å². The van der Waals surface area contributed by atoms with Gasteiger partial charge in [-0.25, -0.2) is 4.99 Å². The third-order valence-electron chi connectivity index (χ3n) is 3.76. The molecule has 2 rings (SSSR count). The molecule has 0 spiro atoms. The second kappa shape index (κ2) is 11.7. The number of nitrogens with one attached hydrogen (secondary N) is 2. The van der Waals surface area contributed by atoms with Crippen LogP contribution in [0.2, 0.25) is 0 Å². The number of ether oxygens (including phenoxy) is 1. The van der Waals surface area contributed by atoms with Crippen LogP contribution in [-0.4, -0.2) is 55.8 Å². The van der Waals surface area contributed by atoms with Crippen LogP contribution < -0.4 is 10.6 Å². The predicted molar refractivity (Wildman–Crippen MR) is 108 cm³/mol. The molecule has 6 nitrogen and oxygen atoms in total. The summed E-state index contributed by atoms with van der Waals surface area (Å²) in [4.78, 5) is 7.01. The maximum absolute atomic E-state index is 5.76. The average Bonchev–Trinajstić information content (AvgIpc) is 3.01. The first-order valence-electron chi connectivity index (χ1n) is 8.59. The van der Waals surface area contributed by atoms with Crippen LogP contribution in [0.4, 0.5) is 0 Å². The van der Waals surface area contributed by atoms with Crippen molar-refractivity contribution in [2.75, 3.05) is 32.7 Å². The fraction of sp³-hybridized carbons (Fsp3) is 0.706. The summed E-state index contributed by atoms with van der Waals surface area (Å²) in [5.74, 6) is 1.71. The Kier molecular flexibility index (Phi) is 10.4. The summed E-state index contributed by atoms with van der Waals surface area (Å²) in [6.45, 7) is 11.8. The summed E-state index contributed by atoms with van der Waals surface area (Å²) in [6, 6.07) is 3.82. The molecular formula is C17H31IN4O2. The van der Waals surface area contributed by atoms with Crippen LogP contribution in [0.15, 0.2) is 27.8 Å². The van der Waals surface area contributed by atoms with Crippen molar-refractivity contribution < 1.29 is 9.15 Å². The number of hydrogen-bond acceptors (Lipinski definition) is 4. The summed E-state index contributed by atoms with van der Waals surface area (Å²) < 4.78 is 11.1. The summed E-state index contributed by atoms with van der Waals surface area (Å²) >= 11 is 0. The van der Waals surface area contributed by atoms with Crippen LogP contribution in [0.25, 0.3) is 0 Å². The lowest BCUT2D eigenvalue weighted by Crippen LogP contribution is -2.46. The van der Waals surface area contributed by atoms with E-state index in [9.17, 15) is 0 Å². The molecule has 138 valence electrons. The van der Waals surface area contributed by atoms with E-state index in [1.807, 2.05) is 12.1 Å². The normalized spacial score (nSPS) is 22.0. The van der Waals surface area contributed by atoms with E-state index in [2.05, 4.69) is 41.3 Å². The van der Waals surface area contributed by atoms with Gasteiger partial charge in [-0.2, -0.15) is 0 Å². The lowest BCUT2D eigenvalue weighted by molar-refractivity contribution is -0.0679. The molecule has 2 unspecified atom stereocenters. The largest absolute Gasteiger partial charge is 0.467 e. The summed E-state index contributed by atoms with van der Waals surface area (Å²) in [5, 5.41) is 6.65. The minimum atomic E-state index is 0. The van der Waals surface area contributed by atoms with Crippen molar-refractivity contribution in [3.63, 3.8) is 0 Å². The zero-order valence-corrected chi connectivity index (χ0v) is 17.3. The summed E-state index contributed by atoms with van der Waals surface area (Å²) in [6.07, 6.45) is 3.43. The van der Waals surface area contributed by atoms with Gasteiger partial charge in [0.2, 0.25) is 0 Å². The lowest BCUT2D eigenvalue weighted by Gasteiger charge is -2.35. The Morgan fingerprint density at radius 1 is 1.29 bits per heavy atom. The molecular weight excluding hydrogens is 419 g/mol. The van der Waals surface area contributed by atoms with Crippen LogP contribution >= 0.6 is 24.0 Å². The van der Waals surface area contributed by atoms with Crippen LogP contribution in [-0.2, 0) is 11.3 Å². The number of hydrogen-bond donors (Lipinski definition) is 2. The quantitative estimate of drug-likeness (QED) is 0.289. The topological polar surface area (TPSA) is 62.0 Å². The second-order valence-corrected chi connectivity index (χ2v) is 6.07. The van der Waals surface area contributed by atoms with E-state index in [1.54, 1.807) is 6.26 Å². The van der Waals surface area contributed by atoms with Crippen molar-refractivity contribution in [2.24, 2.45) is 4.99 Å². The van der Waals surface area contributed by atoms with Gasteiger partial charge in [-0.15, -0.1) is 24.0 Å². The van der Waals surface area contributed by atoms with E-state index in [0.717, 1.165) is 50.9 Å². The van der Waals surface area contributed by atoms with Crippen molar-refractivity contribution in [3.8, 4) is 0 Å². The third-order valence-corrected chi connectivity index (χ3v) is 3.76. The van der Waals surface area contributed by atoms with E-state index in [4.69, 9.17) is 9.15 Å². The number of halogens is 1. The molecule has 2 N–H and O–H groups in total. The first-order valence-corrected chi connectivity index (χ1v) is 8.59. The van der Waals surface area contributed by atoms with Crippen LogP contribution in [0.5, 0.6) is 0 Å². The Bertz CT molecular complexity index is 457. The molecule has 1 saturated heterocycles. The first kappa shape index (κ1) is 21.2. The minimum absolute atomic E-state index is 0. The zero-order valence-electron chi connectivity index (χ0n) is 15.0. The molecule has 0 saturated carbocycles. The van der Waals surface area contributed by atoms with Crippen molar-refractivity contribution in [1.82, 2.24) is 15.5 Å². The van der Waals surface area contributed by atoms with Gasteiger partial charge in [0, 0.05) is 32.7 Å². The Balaban J connectivity index is 0.00000288. The summed E-state index contributed by atoms with van der Waals surface area (Å²) in [5.41, 5.74) is 0. The Hall–Kier alpha value is -0.800. The molecule has 1 aromatic rings. The van der Waals surface area contributed by atoms with Gasteiger partial charge in [-0.05, 0) is 39.3 Å². The van der Waals surface area contributed by atoms with E-state index < -0.39 is 0 Å². The molecule has 2 heterocycles. The van der Waals surface area contributed by atoms with E-state index in [0.29, 0.717) is 18.8 Å². The highest BCUT2D eigenvalue weighted by molar-refractivity contribution is 14.0. The van der Waals surface area contributed by atoms with Crippen LogP contribution in [0.3, 0.4) is 0 Å². The highest BCUT2D eigenvalue weighted by Gasteiger charge is 2.21. The van der Waals surface area contributed by atoms with Crippen molar-refractivity contribution >= 4 is 29.9 Å². The second-order valence-electron chi connectivity index (χ2n) is 6.07. The molecule has 0 radical (unpaired) electrons. The third kappa shape index (κ3) is 7.85. The number of rotatable bonds is 7. The molecule has 24 heavy (non-hydrogen) atoms. The highest BCUT2D eigenvalue weighted by atomic mass is 127. The van der Waals surface area contributed by atoms with Gasteiger partial charge in [-0.1, -0.05) is 0 Å². The first-order chi connectivity index (χ1) is 11.2. The van der Waals surface area contributed by atoms with Crippen LogP contribution in [0.1, 0.15) is 33.0 Å². The van der Waals surface area contributed by atoms with E-state index in [1.165, 1.54) is 0 Å². The van der Waals surface area contributed by atoms with Crippen molar-refractivity contribution in [3.05, 3.63) is 24.2 Å². The Morgan fingerprint density at radius 2 is 2.04 bits per heavy atom. The number of aliphatic imine (C=N–C) groups is 1. The Morgan fingerprint density at radius 3 is 2.67 bits per heavy atom. The molecule has 0 bridgehead atoms. The standard InChI is InChI=1S/C17H30N4O2.HI/c1-4-18-17(20-11-16-7-5-10-22-16)19-8-6-9-21-12-14(2)23-15(3)13-21;/h5,7,10,14-15H,4,6,8-9,11-13H2,1-3H3,(H2,18,19,20);1H. The molecule has 0 aliphatic carbocycles. The average molecular weight is 450 g/mol. The van der Waals surface area contributed by atoms with Gasteiger partial charge in [0.1, 0.15) is 12.3 Å². The number of nitrogens with zero attached hydrogens (tertiary/aromatic N) is 2. The molecule has 2 atom stereocenters. The van der Waals surface area contributed by atoms with Crippen molar-refractivity contribution in [1.29, 1.82) is 0 Å². The maximum atomic E-state index is 5.76. The van der Waals surface area contributed by atoms with Gasteiger partial charge < -0.3 is 19.8 Å². The molecule has 1 aromatic heterocycles. The fourth-order valence-electron chi connectivity index (χ4n) is 2.88. The fourth-order valence-corrected chi connectivity index (χ4v) is 2.88. The minimum Gasteiger partial charge on any atom is -0.467 e. The van der Waals surface area contributed by atoms with Gasteiger partial charge in [0.25, 0.3) is 0 Å². The Labute approximate surface area is 162 Å². The maximum Gasteiger partial charge on any atom is 0.191 e. The molecule has 0 aromatic carbocycles. The smallest absolute Gasteiger partial charge is 0.191 e. The lowest BCUT2D eigenvalue weighted by atomic mass is 10.2. The number of guanidine groups is 1. The molecule has 1 aliphatic rings. The van der Waals surface area contributed by atoms with Gasteiger partial charge in [0.05, 0.1) is 18.5 Å². The highest BCUT2D eigenvalue weighted by Crippen LogP contribution is 2.10. The number of morpholine rings is 1. The van der Waals surface area contributed by atoms with Gasteiger partial charge in [0.15, 0.2) is 5.96 Å². The van der Waals surface area contributed by atoms with E-state index >= 15 is 0 Å². The predicted octanol–water partition coefficient (Wildman–Crippen LogP) is 2.45. The molecule has 0 amide bonds. The molecule has 1 aliphatic heterocycles. The molecule has 7 heteroatoms. The van der Waals surface area contributed by atoms with Crippen molar-refractivity contribution in [2.45, 2.75) is 45.9 Å². The monoisotopic (exact) mass is 450 g/mol. The number of furan rings is 1. The van der Waals surface area contributed by atoms with E-state index in [-0.39, 0.29) is 24.0 Å². The SMILES string of the molecule is CCNC(=NCc1ccco1)NCCCN1CC(C)OC(C)C1.I. The van der Waals surface area contributed by atoms with Gasteiger partial charge >= 0.3 is 0 Å². The zero-order chi connectivity index (χ0) is 16.5.